The second-order valence-electron chi connectivity index (χ2n) is 4.33. The molecule has 0 spiro atoms. The molecule has 1 fully saturated rings. The molecule has 1 aliphatic rings. The SMILES string of the molecule is N#Cc1ccc(Cl)c(NC(=O)CCNC2CC2)c1. The Balaban J connectivity index is 1.87. The number of nitrogens with one attached hydrogen (secondary N) is 2. The van der Waals surface area contributed by atoms with Crippen LogP contribution in [-0.4, -0.2) is 18.5 Å². The average Bonchev–Trinajstić information content (AvgIpc) is 3.16. The van der Waals surface area contributed by atoms with Crippen LogP contribution in [0.2, 0.25) is 5.02 Å². The molecule has 0 radical (unpaired) electrons. The van der Waals surface area contributed by atoms with E-state index in [9.17, 15) is 4.79 Å². The van der Waals surface area contributed by atoms with E-state index in [0.29, 0.717) is 35.3 Å². The molecule has 2 N–H and O–H groups in total. The molecule has 0 aliphatic heterocycles. The van der Waals surface area contributed by atoms with E-state index in [0.717, 1.165) is 0 Å². The Hall–Kier alpha value is -1.57. The van der Waals surface area contributed by atoms with Gasteiger partial charge in [-0.15, -0.1) is 0 Å². The van der Waals surface area contributed by atoms with Crippen LogP contribution in [0.1, 0.15) is 24.8 Å². The minimum atomic E-state index is -0.0971. The Morgan fingerprint density at radius 2 is 2.28 bits per heavy atom. The number of rotatable bonds is 5. The normalized spacial score (nSPS) is 14.0. The van der Waals surface area contributed by atoms with Crippen molar-refractivity contribution in [1.29, 1.82) is 5.26 Å². The molecule has 4 nitrogen and oxygen atoms in total. The lowest BCUT2D eigenvalue weighted by molar-refractivity contribution is -0.116. The first-order chi connectivity index (χ1) is 8.69. The molecule has 0 bridgehead atoms. The zero-order valence-corrected chi connectivity index (χ0v) is 10.6. The van der Waals surface area contributed by atoms with Gasteiger partial charge in [0.25, 0.3) is 0 Å². The molecule has 1 aliphatic carbocycles. The molecule has 5 heteroatoms. The summed E-state index contributed by atoms with van der Waals surface area (Å²) in [7, 11) is 0. The molecule has 1 aromatic carbocycles. The van der Waals surface area contributed by atoms with Crippen LogP contribution in [0.3, 0.4) is 0 Å². The fraction of sp³-hybridized carbons (Fsp3) is 0.385. The third-order valence-corrected chi connectivity index (χ3v) is 3.06. The van der Waals surface area contributed by atoms with E-state index in [1.807, 2.05) is 6.07 Å². The molecule has 0 aromatic heterocycles. The number of hydrogen-bond donors (Lipinski definition) is 2. The second kappa shape index (κ2) is 5.85. The van der Waals surface area contributed by atoms with Gasteiger partial charge in [-0.2, -0.15) is 5.26 Å². The summed E-state index contributed by atoms with van der Waals surface area (Å²) in [6, 6.07) is 7.42. The maximum Gasteiger partial charge on any atom is 0.225 e. The summed E-state index contributed by atoms with van der Waals surface area (Å²) in [6.07, 6.45) is 2.82. The number of amides is 1. The third kappa shape index (κ3) is 3.73. The van der Waals surface area contributed by atoms with E-state index in [-0.39, 0.29) is 5.91 Å². The van der Waals surface area contributed by atoms with Gasteiger partial charge in [0.15, 0.2) is 0 Å². The van der Waals surface area contributed by atoms with Crippen LogP contribution in [0.25, 0.3) is 0 Å². The Morgan fingerprint density at radius 1 is 1.50 bits per heavy atom. The molecule has 1 aromatic rings. The summed E-state index contributed by atoms with van der Waals surface area (Å²) in [5.41, 5.74) is 0.970. The molecule has 18 heavy (non-hydrogen) atoms. The Bertz CT molecular complexity index is 491. The molecule has 94 valence electrons. The fourth-order valence-corrected chi connectivity index (χ4v) is 1.75. The van der Waals surface area contributed by atoms with Crippen LogP contribution in [0, 0.1) is 11.3 Å². The second-order valence-corrected chi connectivity index (χ2v) is 4.74. The van der Waals surface area contributed by atoms with Crippen molar-refractivity contribution >= 4 is 23.2 Å². The smallest absolute Gasteiger partial charge is 0.225 e. The number of anilines is 1. The molecule has 1 amide bonds. The van der Waals surface area contributed by atoms with Gasteiger partial charge in [-0.05, 0) is 31.0 Å². The highest BCUT2D eigenvalue weighted by molar-refractivity contribution is 6.33. The van der Waals surface area contributed by atoms with Crippen LogP contribution in [0.5, 0.6) is 0 Å². The summed E-state index contributed by atoms with van der Waals surface area (Å²) in [6.45, 7) is 0.673. The van der Waals surface area contributed by atoms with Crippen molar-refractivity contribution in [1.82, 2.24) is 5.32 Å². The lowest BCUT2D eigenvalue weighted by Crippen LogP contribution is -2.23. The number of hydrogen-bond acceptors (Lipinski definition) is 3. The molecule has 0 heterocycles. The van der Waals surface area contributed by atoms with Crippen molar-refractivity contribution in [2.45, 2.75) is 25.3 Å². The molecule has 0 atom stereocenters. The topological polar surface area (TPSA) is 64.9 Å². The molecule has 2 rings (SSSR count). The van der Waals surface area contributed by atoms with Crippen molar-refractivity contribution in [3.05, 3.63) is 28.8 Å². The summed E-state index contributed by atoms with van der Waals surface area (Å²) < 4.78 is 0. The summed E-state index contributed by atoms with van der Waals surface area (Å²) >= 11 is 5.95. The van der Waals surface area contributed by atoms with Crippen molar-refractivity contribution in [2.75, 3.05) is 11.9 Å². The van der Waals surface area contributed by atoms with Gasteiger partial charge in [-0.1, -0.05) is 11.6 Å². The number of carbonyl (C=O) groups excluding carboxylic acids is 1. The summed E-state index contributed by atoms with van der Waals surface area (Å²) in [5, 5.41) is 15.2. The zero-order chi connectivity index (χ0) is 13.0. The predicted octanol–water partition coefficient (Wildman–Crippen LogP) is 2.29. The maximum atomic E-state index is 11.7. The lowest BCUT2D eigenvalue weighted by Gasteiger charge is -2.08. The Morgan fingerprint density at radius 3 is 2.94 bits per heavy atom. The lowest BCUT2D eigenvalue weighted by atomic mass is 10.2. The molecular weight excluding hydrogens is 250 g/mol. The standard InChI is InChI=1S/C13H14ClN3O/c14-11-4-1-9(8-15)7-12(11)17-13(18)5-6-16-10-2-3-10/h1,4,7,10,16H,2-3,5-6H2,(H,17,18). The van der Waals surface area contributed by atoms with Gasteiger partial charge in [0.2, 0.25) is 5.91 Å². The van der Waals surface area contributed by atoms with Crippen LogP contribution >= 0.6 is 11.6 Å². The van der Waals surface area contributed by atoms with E-state index in [2.05, 4.69) is 10.6 Å². The van der Waals surface area contributed by atoms with E-state index in [1.54, 1.807) is 18.2 Å². The van der Waals surface area contributed by atoms with Gasteiger partial charge in [-0.25, -0.2) is 0 Å². The third-order valence-electron chi connectivity index (χ3n) is 2.73. The zero-order valence-electron chi connectivity index (χ0n) is 9.87. The fourth-order valence-electron chi connectivity index (χ4n) is 1.58. The predicted molar refractivity (Wildman–Crippen MR) is 70.4 cm³/mol. The summed E-state index contributed by atoms with van der Waals surface area (Å²) in [5.74, 6) is -0.0971. The van der Waals surface area contributed by atoms with Crippen LogP contribution < -0.4 is 10.6 Å². The van der Waals surface area contributed by atoms with Crippen molar-refractivity contribution in [3.63, 3.8) is 0 Å². The highest BCUT2D eigenvalue weighted by Crippen LogP contribution is 2.23. The van der Waals surface area contributed by atoms with Crippen molar-refractivity contribution in [3.8, 4) is 6.07 Å². The molecule has 0 saturated heterocycles. The monoisotopic (exact) mass is 263 g/mol. The van der Waals surface area contributed by atoms with Crippen molar-refractivity contribution in [2.24, 2.45) is 0 Å². The highest BCUT2D eigenvalue weighted by Gasteiger charge is 2.20. The van der Waals surface area contributed by atoms with Gasteiger partial charge in [0.1, 0.15) is 0 Å². The van der Waals surface area contributed by atoms with Gasteiger partial charge in [0, 0.05) is 19.0 Å². The van der Waals surface area contributed by atoms with E-state index >= 15 is 0 Å². The van der Waals surface area contributed by atoms with Gasteiger partial charge in [-0.3, -0.25) is 4.79 Å². The highest BCUT2D eigenvalue weighted by atomic mass is 35.5. The van der Waals surface area contributed by atoms with E-state index in [1.165, 1.54) is 12.8 Å². The number of halogens is 1. The minimum absolute atomic E-state index is 0.0971. The maximum absolute atomic E-state index is 11.7. The van der Waals surface area contributed by atoms with Gasteiger partial charge in [0.05, 0.1) is 22.3 Å². The quantitative estimate of drug-likeness (QED) is 0.857. The largest absolute Gasteiger partial charge is 0.325 e. The molecule has 1 saturated carbocycles. The summed E-state index contributed by atoms with van der Waals surface area (Å²) in [4.78, 5) is 11.7. The minimum Gasteiger partial charge on any atom is -0.325 e. The molecular formula is C13H14ClN3O. The number of nitrogens with zero attached hydrogens (tertiary/aromatic N) is 1. The van der Waals surface area contributed by atoms with Crippen LogP contribution in [-0.2, 0) is 4.79 Å². The average molecular weight is 264 g/mol. The number of nitriles is 1. The van der Waals surface area contributed by atoms with Crippen molar-refractivity contribution < 1.29 is 4.79 Å². The Labute approximate surface area is 111 Å². The first-order valence-electron chi connectivity index (χ1n) is 5.92. The Kier molecular flexibility index (Phi) is 4.19. The van der Waals surface area contributed by atoms with E-state index in [4.69, 9.17) is 16.9 Å². The number of benzene rings is 1. The van der Waals surface area contributed by atoms with Crippen LogP contribution in [0.4, 0.5) is 5.69 Å². The first kappa shape index (κ1) is 12.9. The van der Waals surface area contributed by atoms with Gasteiger partial charge >= 0.3 is 0 Å². The first-order valence-corrected chi connectivity index (χ1v) is 6.29. The van der Waals surface area contributed by atoms with E-state index < -0.39 is 0 Å². The van der Waals surface area contributed by atoms with Crippen LogP contribution in [0.15, 0.2) is 18.2 Å². The number of carbonyl (C=O) groups is 1. The molecule has 0 unspecified atom stereocenters. The van der Waals surface area contributed by atoms with Gasteiger partial charge < -0.3 is 10.6 Å².